The third-order valence-corrected chi connectivity index (χ3v) is 17.1. The Hall–Kier alpha value is 1.69. The molecule has 0 amide bonds. The molecule has 0 unspecified atom stereocenters. The molecular weight excluding hydrogens is 433 g/mol. The van der Waals surface area contributed by atoms with Crippen LogP contribution in [0.25, 0.3) is 0 Å². The van der Waals surface area contributed by atoms with Gasteiger partial charge in [0.15, 0.2) is 0 Å². The molecule has 0 aromatic heterocycles. The van der Waals surface area contributed by atoms with Gasteiger partial charge in [-0.3, -0.25) is 0 Å². The molecule has 0 bridgehead atoms. The molecule has 3 rings (SSSR count). The van der Waals surface area contributed by atoms with Crippen molar-refractivity contribution in [1.29, 1.82) is 0 Å². The number of hydrogen-bond donors (Lipinski definition) is 0. The smallest absolute Gasteiger partial charge is 0.257 e. The maximum absolute atomic E-state index is 6.77. The molecule has 22 heavy (non-hydrogen) atoms. The first kappa shape index (κ1) is 18.5. The maximum Gasteiger partial charge on any atom is 0.257 e. The summed E-state index contributed by atoms with van der Waals surface area (Å²) in [7, 11) is 0. The van der Waals surface area contributed by atoms with Crippen molar-refractivity contribution in [3.63, 3.8) is 0 Å². The molecule has 7 nitrogen and oxygen atoms in total. The first-order valence-electron chi connectivity index (χ1n) is 6.70. The zero-order chi connectivity index (χ0) is 15.8. The van der Waals surface area contributed by atoms with Gasteiger partial charge >= 0.3 is 0 Å². The van der Waals surface area contributed by atoms with E-state index in [4.69, 9.17) is 59.0 Å². The summed E-state index contributed by atoms with van der Waals surface area (Å²) in [5.41, 5.74) is 0. The second-order valence-electron chi connectivity index (χ2n) is 4.85. The second kappa shape index (κ2) is 7.13. The summed E-state index contributed by atoms with van der Waals surface area (Å²) in [6.07, 6.45) is 0. The topological polar surface area (TPSA) is 62.0 Å². The molecule has 0 saturated carbocycles. The van der Waals surface area contributed by atoms with E-state index < -0.39 is 19.3 Å². The molecule has 2 saturated heterocycles. The number of ether oxygens (including phenoxy) is 2. The SMILES string of the molecule is ClP1(Cl)=N[P@](Cl)(N2CCOCC2)=N[P@](Cl)(N2CCOCC2)=N1. The van der Waals surface area contributed by atoms with Gasteiger partial charge in [-0.15, -0.1) is 0 Å². The Labute approximate surface area is 149 Å². The highest BCUT2D eigenvalue weighted by Crippen LogP contribution is 2.86. The van der Waals surface area contributed by atoms with Crippen LogP contribution in [0.2, 0.25) is 0 Å². The van der Waals surface area contributed by atoms with Crippen molar-refractivity contribution in [3.8, 4) is 0 Å². The van der Waals surface area contributed by atoms with Crippen molar-refractivity contribution in [2.75, 3.05) is 52.6 Å². The fraction of sp³-hybridized carbons (Fsp3) is 1.00. The van der Waals surface area contributed by atoms with Crippen LogP contribution in [0.1, 0.15) is 0 Å². The summed E-state index contributed by atoms with van der Waals surface area (Å²) < 4.78 is 28.2. The molecule has 14 heteroatoms. The monoisotopic (exact) mass is 447 g/mol. The highest BCUT2D eigenvalue weighted by molar-refractivity contribution is 8.17. The second-order valence-corrected chi connectivity index (χ2v) is 17.1. The minimum absolute atomic E-state index is 0.581. The molecule has 0 N–H and O–H groups in total. The van der Waals surface area contributed by atoms with Crippen molar-refractivity contribution < 1.29 is 9.47 Å². The Morgan fingerprint density at radius 1 is 0.636 bits per heavy atom. The summed E-state index contributed by atoms with van der Waals surface area (Å²) in [4.78, 5) is 0. The van der Waals surface area contributed by atoms with E-state index >= 15 is 0 Å². The normalized spacial score (nSPS) is 40.4. The molecule has 0 aliphatic carbocycles. The van der Waals surface area contributed by atoms with Crippen LogP contribution in [-0.2, 0) is 9.47 Å². The van der Waals surface area contributed by atoms with Gasteiger partial charge in [0.1, 0.15) is 0 Å². The molecule has 2 atom stereocenters. The van der Waals surface area contributed by atoms with E-state index in [1.54, 1.807) is 0 Å². The molecule has 128 valence electrons. The predicted octanol–water partition coefficient (Wildman–Crippen LogP) is 5.46. The fourth-order valence-electron chi connectivity index (χ4n) is 2.31. The number of rotatable bonds is 2. The molecule has 0 radical (unpaired) electrons. The third kappa shape index (κ3) is 4.08. The van der Waals surface area contributed by atoms with E-state index in [2.05, 4.69) is 9.03 Å². The number of nitrogens with zero attached hydrogens (tertiary/aromatic N) is 5. The standard InChI is InChI=1S/C8H16Cl4N5O2P3/c9-20(10)13-21(11,16-1-5-18-6-2-16)15-22(12,14-20)17-3-7-19-8-4-17/h1-8H2/t21-,22+. The Morgan fingerprint density at radius 2 is 1.05 bits per heavy atom. The lowest BCUT2D eigenvalue weighted by molar-refractivity contribution is 0.0740. The van der Waals surface area contributed by atoms with Crippen molar-refractivity contribution in [2.45, 2.75) is 0 Å². The summed E-state index contributed by atoms with van der Waals surface area (Å²) in [5.74, 6) is -2.94. The number of hydrogen-bond acceptors (Lipinski definition) is 7. The Balaban J connectivity index is 2.03. The molecule has 3 aliphatic heterocycles. The summed E-state index contributed by atoms with van der Waals surface area (Å²) in [5, 5.41) is 0. The summed E-state index contributed by atoms with van der Waals surface area (Å²) in [6.45, 7) is -0.620. The van der Waals surface area contributed by atoms with Gasteiger partial charge < -0.3 is 9.47 Å². The van der Waals surface area contributed by atoms with Crippen LogP contribution in [0.4, 0.5) is 0 Å². The van der Waals surface area contributed by atoms with Crippen LogP contribution in [0.15, 0.2) is 13.5 Å². The van der Waals surface area contributed by atoms with E-state index in [9.17, 15) is 0 Å². The average molecular weight is 449 g/mol. The van der Waals surface area contributed by atoms with Crippen molar-refractivity contribution in [2.24, 2.45) is 13.5 Å². The van der Waals surface area contributed by atoms with Crippen LogP contribution in [0.5, 0.6) is 0 Å². The number of morpholine rings is 2. The Kier molecular flexibility index (Phi) is 5.99. The fourth-order valence-corrected chi connectivity index (χ4v) is 19.5. The third-order valence-electron chi connectivity index (χ3n) is 3.37. The van der Waals surface area contributed by atoms with Crippen molar-refractivity contribution in [3.05, 3.63) is 0 Å². The molecule has 0 spiro atoms. The van der Waals surface area contributed by atoms with E-state index in [0.717, 1.165) is 0 Å². The average Bonchev–Trinajstić information content (AvgIpc) is 2.47. The van der Waals surface area contributed by atoms with Crippen molar-refractivity contribution in [1.82, 2.24) is 9.34 Å². The van der Waals surface area contributed by atoms with Gasteiger partial charge in [0.2, 0.25) is 13.4 Å². The van der Waals surface area contributed by atoms with Gasteiger partial charge in [0, 0.05) is 26.2 Å². The first-order chi connectivity index (χ1) is 10.3. The van der Waals surface area contributed by atoms with Crippen LogP contribution in [-0.4, -0.2) is 61.9 Å². The molecular formula is C8H16Cl4N5O2P3. The predicted molar refractivity (Wildman–Crippen MR) is 96.2 cm³/mol. The molecule has 0 aromatic carbocycles. The van der Waals surface area contributed by atoms with Gasteiger partial charge in [-0.25, -0.2) is 9.34 Å². The van der Waals surface area contributed by atoms with Gasteiger partial charge in [0.25, 0.3) is 5.91 Å². The Morgan fingerprint density at radius 3 is 1.50 bits per heavy atom. The van der Waals surface area contributed by atoms with Gasteiger partial charge in [-0.05, 0) is 45.0 Å². The lowest BCUT2D eigenvalue weighted by atomic mass is 10.5. The molecule has 2 fully saturated rings. The van der Waals surface area contributed by atoms with Crippen LogP contribution in [0.3, 0.4) is 0 Å². The van der Waals surface area contributed by atoms with Crippen LogP contribution >= 0.6 is 64.3 Å². The minimum Gasteiger partial charge on any atom is -0.379 e. The number of halogens is 4. The minimum atomic E-state index is -2.94. The molecule has 0 aromatic rings. The Bertz CT molecular complexity index is 575. The molecule has 3 heterocycles. The first-order valence-corrected chi connectivity index (χ1v) is 15.3. The van der Waals surface area contributed by atoms with E-state index in [1.165, 1.54) is 0 Å². The largest absolute Gasteiger partial charge is 0.379 e. The van der Waals surface area contributed by atoms with Gasteiger partial charge in [0.05, 0.1) is 26.4 Å². The highest BCUT2D eigenvalue weighted by atomic mass is 35.9. The van der Waals surface area contributed by atoms with E-state index in [1.807, 2.05) is 9.34 Å². The van der Waals surface area contributed by atoms with Crippen LogP contribution < -0.4 is 0 Å². The van der Waals surface area contributed by atoms with Gasteiger partial charge in [-0.1, -0.05) is 0 Å². The quantitative estimate of drug-likeness (QED) is 0.526. The zero-order valence-corrected chi connectivity index (χ0v) is 17.3. The van der Waals surface area contributed by atoms with E-state index in [0.29, 0.717) is 52.6 Å². The molecule has 3 aliphatic rings. The van der Waals surface area contributed by atoms with Gasteiger partial charge in [-0.2, -0.15) is 13.5 Å². The highest BCUT2D eigenvalue weighted by Gasteiger charge is 2.41. The van der Waals surface area contributed by atoms with Crippen molar-refractivity contribution >= 4 is 64.3 Å². The van der Waals surface area contributed by atoms with E-state index in [-0.39, 0.29) is 0 Å². The zero-order valence-electron chi connectivity index (χ0n) is 11.6. The lowest BCUT2D eigenvalue weighted by Crippen LogP contribution is -2.34. The maximum atomic E-state index is 6.77. The summed E-state index contributed by atoms with van der Waals surface area (Å²) in [6, 6.07) is 0. The van der Waals surface area contributed by atoms with Crippen LogP contribution in [0, 0.1) is 0 Å². The summed E-state index contributed by atoms with van der Waals surface area (Å²) >= 11 is 26.2. The lowest BCUT2D eigenvalue weighted by Gasteiger charge is -2.38.